The molecule has 0 N–H and O–H groups in total. The first-order valence-electron chi connectivity index (χ1n) is 6.01. The fourth-order valence-corrected chi connectivity index (χ4v) is 2.01. The molecule has 2 aromatic heterocycles. The van der Waals surface area contributed by atoms with Gasteiger partial charge in [0.15, 0.2) is 17.3 Å². The summed E-state index contributed by atoms with van der Waals surface area (Å²) in [5, 5.41) is 4.25. The lowest BCUT2D eigenvalue weighted by molar-refractivity contribution is 0.607. The lowest BCUT2D eigenvalue weighted by Gasteiger charge is -1.93. The van der Waals surface area contributed by atoms with E-state index in [2.05, 4.69) is 10.1 Å². The lowest BCUT2D eigenvalue weighted by Crippen LogP contribution is -1.91. The normalized spacial score (nSPS) is 10.1. The van der Waals surface area contributed by atoms with Crippen molar-refractivity contribution in [3.8, 4) is 11.4 Å². The van der Waals surface area contributed by atoms with E-state index in [-0.39, 0.29) is 5.82 Å². The predicted octanol–water partition coefficient (Wildman–Crippen LogP) is 4.17. The minimum absolute atomic E-state index is 0.289. The second-order valence-corrected chi connectivity index (χ2v) is 4.74. The molecule has 0 fully saturated rings. The Morgan fingerprint density at radius 2 is 1.84 bits per heavy atom. The summed E-state index contributed by atoms with van der Waals surface area (Å²) in [5.41, 5.74) is 1.57. The van der Waals surface area contributed by atoms with E-state index in [1.54, 1.807) is 6.07 Å². The third-order valence-corrected chi connectivity index (χ3v) is 3.24. The molecule has 0 saturated heterocycles. The summed E-state index contributed by atoms with van der Waals surface area (Å²) in [6.45, 7) is 4.00. The highest BCUT2D eigenvalue weighted by Gasteiger charge is 2.08. The molecule has 3 nitrogen and oxygen atoms in total. The van der Waals surface area contributed by atoms with Gasteiger partial charge in [-0.1, -0.05) is 44.2 Å². The van der Waals surface area contributed by atoms with Crippen LogP contribution < -0.4 is 0 Å². The van der Waals surface area contributed by atoms with Gasteiger partial charge >= 0.3 is 0 Å². The first-order chi connectivity index (χ1) is 9.24. The Morgan fingerprint density at radius 3 is 2.53 bits per heavy atom. The number of hydrogen-bond donors (Lipinski definition) is 0. The number of hydrogen-bond acceptors (Lipinski definition) is 2. The number of fused-ring (bicyclic) bond motifs is 1. The molecule has 0 aliphatic carbocycles. The fraction of sp³-hybridized carbons (Fsp3) is 0.143. The second kappa shape index (κ2) is 6.10. The number of aromatic nitrogens is 3. The van der Waals surface area contributed by atoms with Crippen molar-refractivity contribution in [2.45, 2.75) is 13.8 Å². The summed E-state index contributed by atoms with van der Waals surface area (Å²) in [5.74, 6) is 0.314. The van der Waals surface area contributed by atoms with Crippen LogP contribution in [0.2, 0.25) is 0 Å². The molecule has 0 amide bonds. The minimum Gasteiger partial charge on any atom is -0.217 e. The van der Waals surface area contributed by atoms with E-state index in [9.17, 15) is 4.39 Å². The maximum Gasteiger partial charge on any atom is 0.182 e. The molecular formula is C14H13FIN3. The van der Waals surface area contributed by atoms with Gasteiger partial charge in [-0.3, -0.25) is 0 Å². The van der Waals surface area contributed by atoms with Crippen molar-refractivity contribution in [2.24, 2.45) is 0 Å². The van der Waals surface area contributed by atoms with E-state index in [0.29, 0.717) is 15.0 Å². The Labute approximate surface area is 124 Å². The molecule has 5 heteroatoms. The average Bonchev–Trinajstić information content (AvgIpc) is 2.85. The molecular weight excluding hydrogens is 356 g/mol. The Morgan fingerprint density at radius 1 is 1.16 bits per heavy atom. The van der Waals surface area contributed by atoms with E-state index in [4.69, 9.17) is 0 Å². The van der Waals surface area contributed by atoms with E-state index >= 15 is 0 Å². The molecule has 2 heterocycles. The van der Waals surface area contributed by atoms with Gasteiger partial charge in [0, 0.05) is 5.56 Å². The minimum atomic E-state index is -0.289. The van der Waals surface area contributed by atoms with Crippen LogP contribution in [-0.2, 0) is 0 Å². The maximum atomic E-state index is 13.4. The van der Waals surface area contributed by atoms with Crippen LogP contribution in [0, 0.1) is 9.39 Å². The van der Waals surface area contributed by atoms with Crippen LogP contribution in [0.4, 0.5) is 4.39 Å². The largest absolute Gasteiger partial charge is 0.217 e. The van der Waals surface area contributed by atoms with Crippen LogP contribution in [0.3, 0.4) is 0 Å². The van der Waals surface area contributed by atoms with Gasteiger partial charge in [0.05, 0.1) is 9.77 Å². The van der Waals surface area contributed by atoms with Gasteiger partial charge in [0.2, 0.25) is 0 Å². The summed E-state index contributed by atoms with van der Waals surface area (Å²) in [6.07, 6.45) is 1.34. The number of nitrogens with zero attached hydrogens (tertiary/aromatic N) is 3. The Kier molecular flexibility index (Phi) is 4.47. The molecule has 3 aromatic rings. The van der Waals surface area contributed by atoms with Crippen molar-refractivity contribution >= 4 is 28.2 Å². The van der Waals surface area contributed by atoms with E-state index in [1.165, 1.54) is 10.7 Å². The van der Waals surface area contributed by atoms with Gasteiger partial charge in [-0.15, -0.1) is 5.10 Å². The van der Waals surface area contributed by atoms with Gasteiger partial charge in [0.1, 0.15) is 0 Å². The molecule has 0 bridgehead atoms. The highest BCUT2D eigenvalue weighted by Crippen LogP contribution is 2.18. The molecule has 1 aromatic carbocycles. The monoisotopic (exact) mass is 369 g/mol. The smallest absolute Gasteiger partial charge is 0.182 e. The van der Waals surface area contributed by atoms with Gasteiger partial charge in [0.25, 0.3) is 0 Å². The Hall–Kier alpha value is -1.50. The van der Waals surface area contributed by atoms with Crippen LogP contribution >= 0.6 is 22.6 Å². The first-order valence-corrected chi connectivity index (χ1v) is 7.09. The average molecular weight is 369 g/mol. The Bertz CT molecular complexity index is 641. The zero-order valence-electron chi connectivity index (χ0n) is 10.6. The van der Waals surface area contributed by atoms with Gasteiger partial charge < -0.3 is 0 Å². The lowest BCUT2D eigenvalue weighted by atomic mass is 10.2. The molecule has 3 rings (SSSR count). The summed E-state index contributed by atoms with van der Waals surface area (Å²) in [7, 11) is 0. The molecule has 0 unspecified atom stereocenters. The third-order valence-electron chi connectivity index (χ3n) is 2.41. The maximum absolute atomic E-state index is 13.4. The highest BCUT2D eigenvalue weighted by atomic mass is 127. The molecule has 19 heavy (non-hydrogen) atoms. The first kappa shape index (κ1) is 13.9. The number of halogens is 2. The molecule has 0 aliphatic heterocycles. The fourth-order valence-electron chi connectivity index (χ4n) is 1.59. The van der Waals surface area contributed by atoms with E-state index in [1.807, 2.05) is 66.8 Å². The van der Waals surface area contributed by atoms with Crippen molar-refractivity contribution in [1.82, 2.24) is 14.6 Å². The van der Waals surface area contributed by atoms with Crippen molar-refractivity contribution in [3.63, 3.8) is 0 Å². The predicted molar refractivity (Wildman–Crippen MR) is 82.4 cm³/mol. The second-order valence-electron chi connectivity index (χ2n) is 3.57. The topological polar surface area (TPSA) is 30.2 Å². The molecule has 0 saturated carbocycles. The summed E-state index contributed by atoms with van der Waals surface area (Å²) in [4.78, 5) is 4.37. The quantitative estimate of drug-likeness (QED) is 0.603. The molecule has 0 spiro atoms. The van der Waals surface area contributed by atoms with Crippen LogP contribution in [0.5, 0.6) is 0 Å². The van der Waals surface area contributed by atoms with Crippen molar-refractivity contribution in [1.29, 1.82) is 0 Å². The molecule has 98 valence electrons. The zero-order chi connectivity index (χ0) is 13.8. The highest BCUT2D eigenvalue weighted by molar-refractivity contribution is 14.1. The zero-order valence-corrected chi connectivity index (χ0v) is 12.8. The van der Waals surface area contributed by atoms with Crippen LogP contribution in [0.15, 0.2) is 42.6 Å². The van der Waals surface area contributed by atoms with Gasteiger partial charge in [-0.2, -0.15) is 0 Å². The summed E-state index contributed by atoms with van der Waals surface area (Å²) in [6, 6.07) is 11.3. The molecule has 0 atom stereocenters. The van der Waals surface area contributed by atoms with Crippen LogP contribution in [0.1, 0.15) is 13.8 Å². The van der Waals surface area contributed by atoms with E-state index < -0.39 is 0 Å². The number of benzene rings is 1. The van der Waals surface area contributed by atoms with Crippen LogP contribution in [0.25, 0.3) is 17.0 Å². The van der Waals surface area contributed by atoms with Crippen molar-refractivity contribution in [3.05, 3.63) is 52.0 Å². The number of pyridine rings is 1. The van der Waals surface area contributed by atoms with Crippen molar-refractivity contribution in [2.75, 3.05) is 0 Å². The van der Waals surface area contributed by atoms with E-state index in [0.717, 1.165) is 5.56 Å². The SMILES string of the molecule is CC.Fc1cn2nc(-c3ccccc3)nc2cc1I. The van der Waals surface area contributed by atoms with Crippen molar-refractivity contribution < 1.29 is 4.39 Å². The third kappa shape index (κ3) is 2.91. The summed E-state index contributed by atoms with van der Waals surface area (Å²) < 4.78 is 15.4. The van der Waals surface area contributed by atoms with Crippen LogP contribution in [-0.4, -0.2) is 14.6 Å². The van der Waals surface area contributed by atoms with Gasteiger partial charge in [-0.25, -0.2) is 13.9 Å². The Balaban J connectivity index is 0.000000637. The molecule has 0 aliphatic rings. The standard InChI is InChI=1S/C12H7FIN3.C2H6/c13-9-7-17-11(6-10(9)14)15-12(16-17)8-4-2-1-3-5-8;1-2/h1-7H;1-2H3. The van der Waals surface area contributed by atoms with Gasteiger partial charge in [-0.05, 0) is 28.7 Å². The number of rotatable bonds is 1. The molecule has 0 radical (unpaired) electrons. The summed E-state index contributed by atoms with van der Waals surface area (Å²) >= 11 is 1.94.